The van der Waals surface area contributed by atoms with Gasteiger partial charge in [0.05, 0.1) is 12.1 Å². The van der Waals surface area contributed by atoms with Crippen LogP contribution in [0.4, 0.5) is 10.1 Å². The van der Waals surface area contributed by atoms with Crippen molar-refractivity contribution in [1.82, 2.24) is 15.5 Å². The van der Waals surface area contributed by atoms with Crippen LogP contribution in [-0.2, 0) is 11.2 Å². The van der Waals surface area contributed by atoms with E-state index in [1.807, 2.05) is 6.07 Å². The molecule has 1 amide bonds. The summed E-state index contributed by atoms with van der Waals surface area (Å²) in [4.78, 5) is 17.3. The van der Waals surface area contributed by atoms with E-state index in [-0.39, 0.29) is 24.2 Å². The summed E-state index contributed by atoms with van der Waals surface area (Å²) in [5.41, 5.74) is 1.38. The Morgan fingerprint density at radius 2 is 2.20 bits per heavy atom. The number of benzene rings is 1. The first-order chi connectivity index (χ1) is 14.5. The first-order valence-corrected chi connectivity index (χ1v) is 11.2. The van der Waals surface area contributed by atoms with Gasteiger partial charge in [-0.2, -0.15) is 5.26 Å². The highest BCUT2D eigenvalue weighted by Crippen LogP contribution is 2.35. The molecular weight excluding hydrogens is 381 g/mol. The van der Waals surface area contributed by atoms with Gasteiger partial charge < -0.3 is 20.4 Å². The summed E-state index contributed by atoms with van der Waals surface area (Å²) in [5.74, 6) is 0.601. The van der Waals surface area contributed by atoms with Gasteiger partial charge in [-0.05, 0) is 68.8 Å². The molecule has 3 aliphatic heterocycles. The molecule has 4 aliphatic rings. The largest absolute Gasteiger partial charge is 0.370 e. The molecule has 1 aromatic rings. The molecule has 7 heteroatoms. The lowest BCUT2D eigenvalue weighted by molar-refractivity contribution is -0.124. The van der Waals surface area contributed by atoms with Crippen molar-refractivity contribution in [3.63, 3.8) is 0 Å². The van der Waals surface area contributed by atoms with Crippen LogP contribution in [0.25, 0.3) is 0 Å². The monoisotopic (exact) mass is 411 g/mol. The molecule has 30 heavy (non-hydrogen) atoms. The third-order valence-electron chi connectivity index (χ3n) is 7.77. The maximum atomic E-state index is 14.9. The van der Waals surface area contributed by atoms with Gasteiger partial charge in [0.1, 0.15) is 11.9 Å². The van der Waals surface area contributed by atoms with Gasteiger partial charge in [0.25, 0.3) is 0 Å². The molecule has 160 valence electrons. The number of anilines is 1. The number of nitrogens with zero attached hydrogens (tertiary/aromatic N) is 3. The van der Waals surface area contributed by atoms with Crippen molar-refractivity contribution in [3.05, 3.63) is 29.6 Å². The van der Waals surface area contributed by atoms with E-state index >= 15 is 0 Å². The predicted octanol–water partition coefficient (Wildman–Crippen LogP) is 1.66. The second-order valence-electron chi connectivity index (χ2n) is 9.59. The quantitative estimate of drug-likeness (QED) is 0.771. The number of likely N-dealkylation sites (N-methyl/N-ethyl adjacent to an activating group) is 1. The molecule has 0 radical (unpaired) electrons. The fourth-order valence-electron chi connectivity index (χ4n) is 6.04. The first-order valence-electron chi connectivity index (χ1n) is 11.2. The van der Waals surface area contributed by atoms with E-state index < -0.39 is 6.04 Å². The highest BCUT2D eigenvalue weighted by Gasteiger charge is 2.43. The van der Waals surface area contributed by atoms with Crippen molar-refractivity contribution in [1.29, 1.82) is 5.26 Å². The number of nitrogens with one attached hydrogen (secondary N) is 2. The molecule has 6 unspecified atom stereocenters. The van der Waals surface area contributed by atoms with Crippen LogP contribution in [0.2, 0.25) is 0 Å². The number of piperidine rings is 1. The van der Waals surface area contributed by atoms with Crippen LogP contribution in [0.1, 0.15) is 31.2 Å². The fraction of sp³-hybridized carbons (Fsp3) is 0.652. The first kappa shape index (κ1) is 19.8. The Bertz CT molecular complexity index is 870. The Morgan fingerprint density at radius 1 is 1.33 bits per heavy atom. The minimum atomic E-state index is -0.724. The van der Waals surface area contributed by atoms with Crippen LogP contribution in [0.15, 0.2) is 18.2 Å². The molecule has 2 N–H and O–H groups in total. The number of nitriles is 1. The number of amides is 1. The second kappa shape index (κ2) is 7.82. The number of likely N-dealkylation sites (tertiary alicyclic amines) is 1. The molecule has 1 saturated carbocycles. The molecule has 0 aromatic heterocycles. The normalized spacial score (nSPS) is 33.5. The summed E-state index contributed by atoms with van der Waals surface area (Å²) in [6, 6.07) is 7.51. The van der Waals surface area contributed by atoms with Crippen LogP contribution in [-0.4, -0.2) is 61.7 Å². The highest BCUT2D eigenvalue weighted by molar-refractivity contribution is 5.83. The Kier molecular flexibility index (Phi) is 5.16. The number of halogens is 1. The molecule has 5 rings (SSSR count). The lowest BCUT2D eigenvalue weighted by Crippen LogP contribution is -2.50. The van der Waals surface area contributed by atoms with Crippen molar-refractivity contribution in [3.8, 4) is 6.07 Å². The maximum absolute atomic E-state index is 14.9. The molecule has 0 spiro atoms. The molecule has 6 nitrogen and oxygen atoms in total. The van der Waals surface area contributed by atoms with Gasteiger partial charge in [-0.25, -0.2) is 4.39 Å². The number of hydrogen-bond acceptors (Lipinski definition) is 5. The van der Waals surface area contributed by atoms with Crippen LogP contribution >= 0.6 is 0 Å². The molecule has 1 aromatic carbocycles. The van der Waals surface area contributed by atoms with Gasteiger partial charge in [-0.1, -0.05) is 6.07 Å². The van der Waals surface area contributed by atoms with Crippen molar-refractivity contribution < 1.29 is 9.18 Å². The topological polar surface area (TPSA) is 71.4 Å². The van der Waals surface area contributed by atoms with E-state index in [1.54, 1.807) is 12.1 Å². The molecule has 4 fully saturated rings. The zero-order valence-corrected chi connectivity index (χ0v) is 17.5. The lowest BCUT2D eigenvalue weighted by atomic mass is 9.98. The van der Waals surface area contributed by atoms with Crippen LogP contribution in [0.5, 0.6) is 0 Å². The molecule has 1 aliphatic carbocycles. The van der Waals surface area contributed by atoms with Crippen molar-refractivity contribution in [2.45, 2.75) is 56.3 Å². The summed E-state index contributed by atoms with van der Waals surface area (Å²) in [6.07, 6.45) is 4.63. The van der Waals surface area contributed by atoms with Crippen molar-refractivity contribution in [2.24, 2.45) is 11.8 Å². The van der Waals surface area contributed by atoms with Gasteiger partial charge in [-0.3, -0.25) is 4.79 Å². The Balaban J connectivity index is 1.21. The van der Waals surface area contributed by atoms with Crippen LogP contribution < -0.4 is 15.5 Å². The van der Waals surface area contributed by atoms with Gasteiger partial charge in [0.15, 0.2) is 0 Å². The molecule has 3 saturated heterocycles. The zero-order chi connectivity index (χ0) is 20.8. The summed E-state index contributed by atoms with van der Waals surface area (Å²) in [6.45, 7) is 3.06. The Morgan fingerprint density at radius 3 is 2.87 bits per heavy atom. The van der Waals surface area contributed by atoms with Gasteiger partial charge >= 0.3 is 0 Å². The molecular formula is C23H30FN5O. The second-order valence-corrected chi connectivity index (χ2v) is 9.59. The number of hydrogen-bond donors (Lipinski definition) is 2. The zero-order valence-electron chi connectivity index (χ0n) is 17.5. The number of rotatable bonds is 5. The van der Waals surface area contributed by atoms with E-state index in [0.29, 0.717) is 29.5 Å². The van der Waals surface area contributed by atoms with Crippen LogP contribution in [0, 0.1) is 29.0 Å². The van der Waals surface area contributed by atoms with E-state index in [9.17, 15) is 14.4 Å². The predicted molar refractivity (Wildman–Crippen MR) is 112 cm³/mol. The molecule has 6 atom stereocenters. The Labute approximate surface area is 177 Å². The van der Waals surface area contributed by atoms with Gasteiger partial charge in [0, 0.05) is 37.3 Å². The highest BCUT2D eigenvalue weighted by atomic mass is 19.1. The summed E-state index contributed by atoms with van der Waals surface area (Å²) in [7, 11) is 2.17. The average molecular weight is 412 g/mol. The van der Waals surface area contributed by atoms with E-state index in [1.165, 1.54) is 6.42 Å². The lowest BCUT2D eigenvalue weighted by Gasteiger charge is -2.24. The number of carbonyl (C=O) groups excluding carboxylic acids is 1. The molecule has 3 heterocycles. The van der Waals surface area contributed by atoms with E-state index in [2.05, 4.69) is 33.6 Å². The Hall–Kier alpha value is -2.17. The minimum absolute atomic E-state index is 0.126. The third-order valence-corrected chi connectivity index (χ3v) is 7.77. The fourth-order valence-corrected chi connectivity index (χ4v) is 6.04. The molecule has 2 bridgehead atoms. The summed E-state index contributed by atoms with van der Waals surface area (Å²) in [5, 5.41) is 15.7. The third kappa shape index (κ3) is 3.57. The van der Waals surface area contributed by atoms with Crippen molar-refractivity contribution in [2.75, 3.05) is 31.6 Å². The number of carbonyl (C=O) groups is 1. The SMILES string of the molecule is CN1CCC2CN(c3ccc(CC(C#N)NC(=O)C4NC5CCC4C5)c(F)c3)CC21. The van der Waals surface area contributed by atoms with Crippen LogP contribution in [0.3, 0.4) is 0 Å². The average Bonchev–Trinajstić information content (AvgIpc) is 3.51. The van der Waals surface area contributed by atoms with E-state index in [4.69, 9.17) is 0 Å². The maximum Gasteiger partial charge on any atom is 0.238 e. The summed E-state index contributed by atoms with van der Waals surface area (Å²) < 4.78 is 14.9. The van der Waals surface area contributed by atoms with Crippen molar-refractivity contribution >= 4 is 11.6 Å². The van der Waals surface area contributed by atoms with Gasteiger partial charge in [0.2, 0.25) is 5.91 Å². The van der Waals surface area contributed by atoms with Gasteiger partial charge in [-0.15, -0.1) is 0 Å². The minimum Gasteiger partial charge on any atom is -0.370 e. The number of fused-ring (bicyclic) bond motifs is 3. The smallest absolute Gasteiger partial charge is 0.238 e. The standard InChI is InChI=1S/C23H30FN5O/c1-28-7-6-16-12-29(13-21(16)28)19-5-3-14(20(24)10-19)8-18(11-25)27-23(30)22-15-2-4-17(9-15)26-22/h3,5,10,15-18,21-22,26H,2,4,6-9,12-13H2,1H3,(H,27,30). The summed E-state index contributed by atoms with van der Waals surface area (Å²) >= 11 is 0. The van der Waals surface area contributed by atoms with E-state index in [0.717, 1.165) is 44.6 Å².